The molecule has 1 aromatic heterocycles. The molecule has 5 heteroatoms. The van der Waals surface area contributed by atoms with E-state index in [-0.39, 0.29) is 5.54 Å². The summed E-state index contributed by atoms with van der Waals surface area (Å²) in [7, 11) is 0. The van der Waals surface area contributed by atoms with Crippen molar-refractivity contribution in [3.8, 4) is 6.07 Å². The van der Waals surface area contributed by atoms with Crippen LogP contribution in [0.25, 0.3) is 0 Å². The lowest BCUT2D eigenvalue weighted by atomic mass is 10.0. The Hall–Kier alpha value is -1.12. The number of anilines is 1. The smallest absolute Gasteiger partial charge is 0.103 e. The number of hydrogen-bond acceptors (Lipinski definition) is 4. The Bertz CT molecular complexity index is 458. The Morgan fingerprint density at radius 1 is 1.33 bits per heavy atom. The monoisotopic (exact) mass is 308 g/mol. The summed E-state index contributed by atoms with van der Waals surface area (Å²) in [4.78, 5) is 8.64. The Morgan fingerprint density at radius 3 is 2.56 bits per heavy atom. The molecule has 1 aliphatic rings. The van der Waals surface area contributed by atoms with Crippen LogP contribution in [0, 0.1) is 11.3 Å². The van der Waals surface area contributed by atoms with Crippen LogP contribution in [-0.4, -0.2) is 41.6 Å². The van der Waals surface area contributed by atoms with E-state index >= 15 is 0 Å². The normalized spacial score (nSPS) is 17.6. The molecule has 0 aromatic carbocycles. The molecule has 0 spiro atoms. The van der Waals surface area contributed by atoms with Crippen LogP contribution in [0.2, 0.25) is 0 Å². The predicted octanol–water partition coefficient (Wildman–Crippen LogP) is 2.27. The van der Waals surface area contributed by atoms with E-state index in [0.29, 0.717) is 0 Å². The molecule has 0 atom stereocenters. The summed E-state index contributed by atoms with van der Waals surface area (Å²) in [5, 5.41) is 9.15. The zero-order chi connectivity index (χ0) is 13.2. The van der Waals surface area contributed by atoms with Gasteiger partial charge in [0, 0.05) is 38.6 Å². The Morgan fingerprint density at radius 2 is 2.00 bits per heavy atom. The zero-order valence-electron chi connectivity index (χ0n) is 10.7. The van der Waals surface area contributed by atoms with E-state index in [9.17, 15) is 0 Å². The van der Waals surface area contributed by atoms with Crippen molar-refractivity contribution < 1.29 is 0 Å². The highest BCUT2D eigenvalue weighted by atomic mass is 79.9. The number of nitrogens with zero attached hydrogens (tertiary/aromatic N) is 4. The fourth-order valence-electron chi connectivity index (χ4n) is 2.20. The molecule has 18 heavy (non-hydrogen) atoms. The molecular weight excluding hydrogens is 292 g/mol. The number of piperazine rings is 1. The van der Waals surface area contributed by atoms with Gasteiger partial charge in [0.2, 0.25) is 0 Å². The van der Waals surface area contributed by atoms with Crippen molar-refractivity contribution in [3.05, 3.63) is 22.9 Å². The average Bonchev–Trinajstić information content (AvgIpc) is 2.39. The molecule has 0 unspecified atom stereocenters. The minimum Gasteiger partial charge on any atom is -0.368 e. The molecule has 1 saturated heterocycles. The Labute approximate surface area is 116 Å². The zero-order valence-corrected chi connectivity index (χ0v) is 12.3. The molecule has 1 fully saturated rings. The van der Waals surface area contributed by atoms with E-state index in [1.807, 2.05) is 32.3 Å². The third-order valence-electron chi connectivity index (χ3n) is 3.44. The average molecular weight is 309 g/mol. The van der Waals surface area contributed by atoms with E-state index in [0.717, 1.165) is 30.7 Å². The van der Waals surface area contributed by atoms with Gasteiger partial charge in [-0.3, -0.25) is 9.88 Å². The van der Waals surface area contributed by atoms with Crippen molar-refractivity contribution >= 4 is 21.6 Å². The van der Waals surface area contributed by atoms with Crippen LogP contribution < -0.4 is 4.90 Å². The molecule has 0 N–H and O–H groups in total. The number of aromatic nitrogens is 1. The highest BCUT2D eigenvalue weighted by Gasteiger charge is 2.30. The molecule has 0 bridgehead atoms. The highest BCUT2D eigenvalue weighted by molar-refractivity contribution is 9.10. The van der Waals surface area contributed by atoms with Crippen LogP contribution in [0.5, 0.6) is 0 Å². The summed E-state index contributed by atoms with van der Waals surface area (Å²) in [6.07, 6.45) is 3.63. The molecule has 96 valence electrons. The second-order valence-corrected chi connectivity index (χ2v) is 5.83. The van der Waals surface area contributed by atoms with Gasteiger partial charge in [0.05, 0.1) is 16.2 Å². The lowest BCUT2D eigenvalue weighted by Crippen LogP contribution is -2.54. The van der Waals surface area contributed by atoms with Crippen LogP contribution in [0.3, 0.4) is 0 Å². The van der Waals surface area contributed by atoms with Gasteiger partial charge in [-0.15, -0.1) is 0 Å². The maximum absolute atomic E-state index is 9.15. The van der Waals surface area contributed by atoms with E-state index < -0.39 is 0 Å². The van der Waals surface area contributed by atoms with Crippen LogP contribution in [0.15, 0.2) is 22.9 Å². The lowest BCUT2D eigenvalue weighted by Gasteiger charge is -2.41. The number of rotatable bonds is 2. The number of halogens is 1. The van der Waals surface area contributed by atoms with Crippen LogP contribution in [0.1, 0.15) is 13.8 Å². The van der Waals surface area contributed by atoms with Crippen LogP contribution in [0.4, 0.5) is 5.69 Å². The standard InChI is InChI=1S/C13H17BrN4/c1-13(2,10-15)18-7-5-17(6-8-18)12-3-4-16-9-11(12)14/h3-4,9H,5-8H2,1-2H3. The number of nitriles is 1. The maximum Gasteiger partial charge on any atom is 0.103 e. The van der Waals surface area contributed by atoms with Gasteiger partial charge in [0.1, 0.15) is 5.54 Å². The topological polar surface area (TPSA) is 43.2 Å². The van der Waals surface area contributed by atoms with Crippen molar-refractivity contribution in [3.63, 3.8) is 0 Å². The largest absolute Gasteiger partial charge is 0.368 e. The molecule has 0 aliphatic carbocycles. The summed E-state index contributed by atoms with van der Waals surface area (Å²) >= 11 is 3.53. The van der Waals surface area contributed by atoms with Crippen molar-refractivity contribution in [2.75, 3.05) is 31.1 Å². The summed E-state index contributed by atoms with van der Waals surface area (Å²) in [5.74, 6) is 0. The van der Waals surface area contributed by atoms with Crippen molar-refractivity contribution in [1.29, 1.82) is 5.26 Å². The van der Waals surface area contributed by atoms with Gasteiger partial charge in [-0.1, -0.05) is 0 Å². The van der Waals surface area contributed by atoms with E-state index in [1.54, 1.807) is 0 Å². The van der Waals surface area contributed by atoms with E-state index in [1.165, 1.54) is 5.69 Å². The fourth-order valence-corrected chi connectivity index (χ4v) is 2.70. The lowest BCUT2D eigenvalue weighted by molar-refractivity contribution is 0.158. The van der Waals surface area contributed by atoms with Crippen LogP contribution >= 0.6 is 15.9 Å². The molecular formula is C13H17BrN4. The second-order valence-electron chi connectivity index (χ2n) is 4.97. The van der Waals surface area contributed by atoms with Crippen molar-refractivity contribution in [1.82, 2.24) is 9.88 Å². The minimum atomic E-state index is -0.373. The molecule has 1 aromatic rings. The van der Waals surface area contributed by atoms with E-state index in [2.05, 4.69) is 36.8 Å². The third-order valence-corrected chi connectivity index (χ3v) is 4.05. The van der Waals surface area contributed by atoms with Gasteiger partial charge in [0.25, 0.3) is 0 Å². The van der Waals surface area contributed by atoms with Crippen molar-refractivity contribution in [2.45, 2.75) is 19.4 Å². The van der Waals surface area contributed by atoms with Gasteiger partial charge in [-0.25, -0.2) is 0 Å². The van der Waals surface area contributed by atoms with Gasteiger partial charge in [-0.05, 0) is 35.8 Å². The SMILES string of the molecule is CC(C)(C#N)N1CCN(c2ccncc2Br)CC1. The summed E-state index contributed by atoms with van der Waals surface area (Å²) in [6, 6.07) is 4.39. The van der Waals surface area contributed by atoms with E-state index in [4.69, 9.17) is 5.26 Å². The fraction of sp³-hybridized carbons (Fsp3) is 0.538. The Kier molecular flexibility index (Phi) is 3.88. The molecule has 2 heterocycles. The predicted molar refractivity (Wildman–Crippen MR) is 75.4 cm³/mol. The molecule has 0 radical (unpaired) electrons. The highest BCUT2D eigenvalue weighted by Crippen LogP contribution is 2.26. The number of pyridine rings is 1. The molecule has 4 nitrogen and oxygen atoms in total. The van der Waals surface area contributed by atoms with Crippen molar-refractivity contribution in [2.24, 2.45) is 0 Å². The maximum atomic E-state index is 9.15. The molecule has 2 rings (SSSR count). The molecule has 0 amide bonds. The minimum absolute atomic E-state index is 0.373. The van der Waals surface area contributed by atoms with Gasteiger partial charge < -0.3 is 4.90 Å². The van der Waals surface area contributed by atoms with Crippen LogP contribution in [-0.2, 0) is 0 Å². The van der Waals surface area contributed by atoms with Gasteiger partial charge in [-0.2, -0.15) is 5.26 Å². The summed E-state index contributed by atoms with van der Waals surface area (Å²) in [5.41, 5.74) is 0.807. The Balaban J connectivity index is 2.04. The van der Waals surface area contributed by atoms with Gasteiger partial charge >= 0.3 is 0 Å². The quantitative estimate of drug-likeness (QED) is 0.840. The molecule has 0 saturated carbocycles. The summed E-state index contributed by atoms with van der Waals surface area (Å²) < 4.78 is 1.03. The first-order valence-electron chi connectivity index (χ1n) is 6.05. The first kappa shape index (κ1) is 13.3. The number of hydrogen-bond donors (Lipinski definition) is 0. The van der Waals surface area contributed by atoms with Gasteiger partial charge in [0.15, 0.2) is 0 Å². The second kappa shape index (κ2) is 5.25. The molecule has 1 aliphatic heterocycles. The first-order chi connectivity index (χ1) is 8.54. The third kappa shape index (κ3) is 2.65. The first-order valence-corrected chi connectivity index (χ1v) is 6.84. The summed E-state index contributed by atoms with van der Waals surface area (Å²) in [6.45, 7) is 7.65.